The number of carbonyl (C=O) groups is 3. The maximum absolute atomic E-state index is 12.3. The number of benzene rings is 2. The smallest absolute Gasteiger partial charge is 0.407 e. The maximum Gasteiger partial charge on any atom is 0.407 e. The van der Waals surface area contributed by atoms with E-state index in [2.05, 4.69) is 15.4 Å². The van der Waals surface area contributed by atoms with Gasteiger partial charge in [-0.05, 0) is 31.0 Å². The first kappa shape index (κ1) is 24.8. The molecule has 11 heteroatoms. The lowest BCUT2D eigenvalue weighted by Crippen LogP contribution is -2.46. The molecule has 0 aliphatic carbocycles. The molecule has 0 aliphatic rings. The van der Waals surface area contributed by atoms with Gasteiger partial charge < -0.3 is 20.5 Å². The second-order valence-electron chi connectivity index (χ2n) is 6.87. The highest BCUT2D eigenvalue weighted by molar-refractivity contribution is 7.89. The summed E-state index contributed by atoms with van der Waals surface area (Å²) in [7, 11) is -3.81. The fourth-order valence-corrected chi connectivity index (χ4v) is 3.62. The highest BCUT2D eigenvalue weighted by atomic mass is 32.2. The first-order chi connectivity index (χ1) is 15.2. The zero-order chi connectivity index (χ0) is 23.6. The second-order valence-corrected chi connectivity index (χ2v) is 8.64. The van der Waals surface area contributed by atoms with Crippen LogP contribution in [-0.4, -0.2) is 50.6 Å². The molecule has 2 aromatic rings. The van der Waals surface area contributed by atoms with Crippen molar-refractivity contribution in [2.45, 2.75) is 30.9 Å². The monoisotopic (exact) mass is 463 g/mol. The van der Waals surface area contributed by atoms with E-state index >= 15 is 0 Å². The molecule has 2 aromatic carbocycles. The van der Waals surface area contributed by atoms with Crippen molar-refractivity contribution in [1.29, 1.82) is 0 Å². The van der Waals surface area contributed by atoms with Crippen LogP contribution in [-0.2, 0) is 31.0 Å². The highest BCUT2D eigenvalue weighted by Gasteiger charge is 2.21. The molecule has 0 bridgehead atoms. The molecule has 32 heavy (non-hydrogen) atoms. The Morgan fingerprint density at radius 3 is 2.31 bits per heavy atom. The molecule has 0 unspecified atom stereocenters. The van der Waals surface area contributed by atoms with Crippen molar-refractivity contribution in [3.05, 3.63) is 65.7 Å². The minimum Gasteiger partial charge on any atom is -0.480 e. The number of carboxylic acids is 1. The predicted octanol–water partition coefficient (Wildman–Crippen LogP) is 1.16. The number of hydrogen-bond donors (Lipinski definition) is 4. The zero-order valence-corrected chi connectivity index (χ0v) is 18.2. The van der Waals surface area contributed by atoms with Gasteiger partial charge in [-0.3, -0.25) is 4.79 Å². The number of hydrogen-bond acceptors (Lipinski definition) is 6. The van der Waals surface area contributed by atoms with Crippen molar-refractivity contribution >= 4 is 28.0 Å². The van der Waals surface area contributed by atoms with E-state index in [0.717, 1.165) is 11.1 Å². The van der Waals surface area contributed by atoms with Crippen LogP contribution >= 0.6 is 0 Å². The van der Waals surface area contributed by atoms with Gasteiger partial charge in [0.1, 0.15) is 19.2 Å². The van der Waals surface area contributed by atoms with E-state index in [1.165, 1.54) is 12.1 Å². The van der Waals surface area contributed by atoms with E-state index in [0.29, 0.717) is 0 Å². The number of ether oxygens (including phenoxy) is 1. The van der Waals surface area contributed by atoms with Crippen LogP contribution in [0.1, 0.15) is 17.5 Å². The molecular formula is C21H25N3O7S. The number of carboxylic acid groups (broad SMARTS) is 1. The summed E-state index contributed by atoms with van der Waals surface area (Å²) in [4.78, 5) is 35.1. The number of aryl methyl sites for hydroxylation is 1. The number of nitrogens with one attached hydrogen (secondary N) is 3. The molecule has 0 aromatic heterocycles. The van der Waals surface area contributed by atoms with Crippen LogP contribution in [0.15, 0.2) is 59.5 Å². The fraction of sp³-hybridized carbons (Fsp3) is 0.286. The molecule has 0 spiro atoms. The molecule has 172 valence electrons. The average Bonchev–Trinajstić information content (AvgIpc) is 2.76. The molecule has 0 heterocycles. The van der Waals surface area contributed by atoms with Crippen LogP contribution in [0, 0.1) is 6.92 Å². The molecular weight excluding hydrogens is 438 g/mol. The van der Waals surface area contributed by atoms with Gasteiger partial charge in [0.25, 0.3) is 0 Å². The molecule has 0 fully saturated rings. The summed E-state index contributed by atoms with van der Waals surface area (Å²) in [5.41, 5.74) is 1.67. The van der Waals surface area contributed by atoms with Crippen LogP contribution in [0.25, 0.3) is 0 Å². The summed E-state index contributed by atoms with van der Waals surface area (Å²) >= 11 is 0. The Bertz CT molecular complexity index is 1030. The largest absolute Gasteiger partial charge is 0.480 e. The predicted molar refractivity (Wildman–Crippen MR) is 115 cm³/mol. The maximum atomic E-state index is 12.3. The molecule has 0 radical (unpaired) electrons. The fourth-order valence-electron chi connectivity index (χ4n) is 2.57. The number of sulfonamides is 1. The highest BCUT2D eigenvalue weighted by Crippen LogP contribution is 2.10. The van der Waals surface area contributed by atoms with Crippen LogP contribution in [0.4, 0.5) is 4.79 Å². The average molecular weight is 464 g/mol. The van der Waals surface area contributed by atoms with Gasteiger partial charge in [0.15, 0.2) is 0 Å². The van der Waals surface area contributed by atoms with Crippen molar-refractivity contribution in [3.63, 3.8) is 0 Å². The van der Waals surface area contributed by atoms with Gasteiger partial charge >= 0.3 is 12.1 Å². The first-order valence-corrected chi connectivity index (χ1v) is 11.2. The van der Waals surface area contributed by atoms with E-state index in [4.69, 9.17) is 4.74 Å². The van der Waals surface area contributed by atoms with Crippen molar-refractivity contribution in [1.82, 2.24) is 15.4 Å². The van der Waals surface area contributed by atoms with Crippen LogP contribution < -0.4 is 15.4 Å². The van der Waals surface area contributed by atoms with Gasteiger partial charge in [-0.2, -0.15) is 0 Å². The molecule has 0 aliphatic heterocycles. The third-order valence-electron chi connectivity index (χ3n) is 4.30. The summed E-state index contributed by atoms with van der Waals surface area (Å²) in [5, 5.41) is 13.7. The number of rotatable bonds is 11. The number of alkyl carbamates (subject to hydrolysis) is 1. The van der Waals surface area contributed by atoms with E-state index in [1.807, 2.05) is 13.0 Å². The van der Waals surface area contributed by atoms with Gasteiger partial charge in [0, 0.05) is 6.54 Å². The van der Waals surface area contributed by atoms with Crippen molar-refractivity contribution in [2.24, 2.45) is 0 Å². The zero-order valence-electron chi connectivity index (χ0n) is 17.4. The molecule has 2 rings (SSSR count). The Morgan fingerprint density at radius 2 is 1.69 bits per heavy atom. The summed E-state index contributed by atoms with van der Waals surface area (Å²) in [6.07, 6.45) is -1.02. The Kier molecular flexibility index (Phi) is 9.17. The van der Waals surface area contributed by atoms with E-state index in [1.54, 1.807) is 36.4 Å². The lowest BCUT2D eigenvalue weighted by atomic mass is 10.2. The summed E-state index contributed by atoms with van der Waals surface area (Å²) < 4.78 is 31.8. The molecule has 4 N–H and O–H groups in total. The van der Waals surface area contributed by atoms with Crippen molar-refractivity contribution in [3.8, 4) is 0 Å². The quantitative estimate of drug-likeness (QED) is 0.390. The van der Waals surface area contributed by atoms with Crippen LogP contribution in [0.5, 0.6) is 0 Å². The van der Waals surface area contributed by atoms with Gasteiger partial charge in [0.05, 0.1) is 4.90 Å². The van der Waals surface area contributed by atoms with Gasteiger partial charge in [-0.25, -0.2) is 22.7 Å². The lowest BCUT2D eigenvalue weighted by Gasteiger charge is -2.15. The second kappa shape index (κ2) is 11.8. The molecule has 0 saturated heterocycles. The van der Waals surface area contributed by atoms with Gasteiger partial charge in [0.2, 0.25) is 15.9 Å². The Labute approximate surface area is 186 Å². The van der Waals surface area contributed by atoms with E-state index in [9.17, 15) is 27.9 Å². The Hall–Kier alpha value is -3.44. The summed E-state index contributed by atoms with van der Waals surface area (Å²) in [6, 6.07) is 13.8. The van der Waals surface area contributed by atoms with Gasteiger partial charge in [-0.1, -0.05) is 48.0 Å². The third kappa shape index (κ3) is 8.36. The number of amides is 2. The van der Waals surface area contributed by atoms with Crippen molar-refractivity contribution in [2.75, 3.05) is 13.1 Å². The first-order valence-electron chi connectivity index (χ1n) is 9.70. The normalized spacial score (nSPS) is 11.9. The standard InChI is InChI=1S/C21H25N3O7S/c1-15-7-9-17(10-8-15)32(29,30)23-12-11-18(20(26)27)24-19(25)13-22-21(28)31-14-16-5-3-2-4-6-16/h2-10,18,23H,11-14H2,1H3,(H,22,28)(H,24,25)(H,26,27)/t18-/m0/s1. The molecule has 0 saturated carbocycles. The molecule has 1 atom stereocenters. The molecule has 10 nitrogen and oxygen atoms in total. The SMILES string of the molecule is Cc1ccc(S(=O)(=O)NCC[C@H](NC(=O)CNC(=O)OCc2ccccc2)C(=O)O)cc1. The Morgan fingerprint density at radius 1 is 1.03 bits per heavy atom. The van der Waals surface area contributed by atoms with Crippen LogP contribution in [0.3, 0.4) is 0 Å². The minimum absolute atomic E-state index is 0.0210. The lowest BCUT2D eigenvalue weighted by molar-refractivity contribution is -0.141. The Balaban J connectivity index is 1.76. The summed E-state index contributed by atoms with van der Waals surface area (Å²) in [6.45, 7) is 1.14. The topological polar surface area (TPSA) is 151 Å². The van der Waals surface area contributed by atoms with E-state index < -0.39 is 40.6 Å². The number of carbonyl (C=O) groups excluding carboxylic acids is 2. The number of aliphatic carboxylic acids is 1. The van der Waals surface area contributed by atoms with E-state index in [-0.39, 0.29) is 24.5 Å². The summed E-state index contributed by atoms with van der Waals surface area (Å²) in [5.74, 6) is -2.09. The third-order valence-corrected chi connectivity index (χ3v) is 5.77. The van der Waals surface area contributed by atoms with Crippen molar-refractivity contribution < 1.29 is 32.6 Å². The van der Waals surface area contributed by atoms with Gasteiger partial charge in [-0.15, -0.1) is 0 Å². The van der Waals surface area contributed by atoms with Crippen LogP contribution in [0.2, 0.25) is 0 Å². The minimum atomic E-state index is -3.81. The molecule has 2 amide bonds.